The standard InChI is InChI=1S/C21H12F3N3O3/c22-21(23,24)17-3-1-2-16(10-17)20(28)30-27-13-15-6-9-19(26-12-15)29-18-7-4-14(11-25)5-8-18/h1-10,12-13H/b27-13-. The zero-order valence-corrected chi connectivity index (χ0v) is 15.1. The zero-order valence-electron chi connectivity index (χ0n) is 15.1. The summed E-state index contributed by atoms with van der Waals surface area (Å²) in [6, 6.07) is 15.5. The average molecular weight is 411 g/mol. The molecular formula is C21H12F3N3O3. The number of hydrogen-bond donors (Lipinski definition) is 0. The Balaban J connectivity index is 1.58. The third-order valence-electron chi connectivity index (χ3n) is 3.73. The number of alkyl halides is 3. The predicted octanol–water partition coefficient (Wildman–Crippen LogP) is 4.96. The maximum atomic E-state index is 12.7. The van der Waals surface area contributed by atoms with Crippen LogP contribution >= 0.6 is 0 Å². The Morgan fingerprint density at radius 2 is 1.87 bits per heavy atom. The second-order valence-electron chi connectivity index (χ2n) is 5.86. The number of ether oxygens (including phenoxy) is 1. The van der Waals surface area contributed by atoms with E-state index in [0.29, 0.717) is 22.9 Å². The quantitative estimate of drug-likeness (QED) is 0.337. The summed E-state index contributed by atoms with van der Waals surface area (Å²) in [7, 11) is 0. The second-order valence-corrected chi connectivity index (χ2v) is 5.86. The van der Waals surface area contributed by atoms with E-state index in [9.17, 15) is 18.0 Å². The Labute approximate surface area is 168 Å². The SMILES string of the molecule is N#Cc1ccc(Oc2ccc(/C=N\OC(=O)c3cccc(C(F)(F)F)c3)cn2)cc1. The van der Waals surface area contributed by atoms with Crippen LogP contribution < -0.4 is 4.74 Å². The van der Waals surface area contributed by atoms with E-state index in [1.54, 1.807) is 36.4 Å². The molecule has 30 heavy (non-hydrogen) atoms. The van der Waals surface area contributed by atoms with Crippen molar-refractivity contribution < 1.29 is 27.5 Å². The molecule has 1 aromatic heterocycles. The van der Waals surface area contributed by atoms with Gasteiger partial charge in [0.15, 0.2) is 0 Å². The Kier molecular flexibility index (Phi) is 6.08. The number of benzene rings is 2. The molecule has 0 aliphatic carbocycles. The van der Waals surface area contributed by atoms with Gasteiger partial charge in [0, 0.05) is 17.8 Å². The third-order valence-corrected chi connectivity index (χ3v) is 3.73. The number of carbonyl (C=O) groups excluding carboxylic acids is 1. The van der Waals surface area contributed by atoms with E-state index in [4.69, 9.17) is 10.00 Å². The van der Waals surface area contributed by atoms with Gasteiger partial charge in [-0.15, -0.1) is 0 Å². The highest BCUT2D eigenvalue weighted by atomic mass is 19.4. The predicted molar refractivity (Wildman–Crippen MR) is 99.9 cm³/mol. The van der Waals surface area contributed by atoms with Crippen molar-refractivity contribution >= 4 is 12.2 Å². The summed E-state index contributed by atoms with van der Waals surface area (Å²) >= 11 is 0. The minimum Gasteiger partial charge on any atom is -0.439 e. The molecule has 9 heteroatoms. The van der Waals surface area contributed by atoms with Crippen molar-refractivity contribution in [3.8, 4) is 17.7 Å². The lowest BCUT2D eigenvalue weighted by atomic mass is 10.1. The lowest BCUT2D eigenvalue weighted by Crippen LogP contribution is -2.08. The summed E-state index contributed by atoms with van der Waals surface area (Å²) < 4.78 is 43.6. The summed E-state index contributed by atoms with van der Waals surface area (Å²) in [6.45, 7) is 0. The van der Waals surface area contributed by atoms with Gasteiger partial charge >= 0.3 is 12.1 Å². The van der Waals surface area contributed by atoms with Crippen LogP contribution in [0.2, 0.25) is 0 Å². The van der Waals surface area contributed by atoms with Gasteiger partial charge in [0.05, 0.1) is 29.0 Å². The maximum absolute atomic E-state index is 12.7. The van der Waals surface area contributed by atoms with Crippen molar-refractivity contribution in [2.75, 3.05) is 0 Å². The van der Waals surface area contributed by atoms with Crippen molar-refractivity contribution in [2.45, 2.75) is 6.18 Å². The summed E-state index contributed by atoms with van der Waals surface area (Å²) in [6.07, 6.45) is -1.97. The lowest BCUT2D eigenvalue weighted by molar-refractivity contribution is -0.137. The summed E-state index contributed by atoms with van der Waals surface area (Å²) in [5.74, 6) is -0.234. The van der Waals surface area contributed by atoms with Crippen molar-refractivity contribution in [1.82, 2.24) is 4.98 Å². The van der Waals surface area contributed by atoms with Gasteiger partial charge in [0.1, 0.15) is 5.75 Å². The van der Waals surface area contributed by atoms with Crippen LogP contribution in [0.4, 0.5) is 13.2 Å². The van der Waals surface area contributed by atoms with Crippen LogP contribution in [-0.2, 0) is 11.0 Å². The number of hydrogen-bond acceptors (Lipinski definition) is 6. The van der Waals surface area contributed by atoms with E-state index in [1.165, 1.54) is 18.5 Å². The highest BCUT2D eigenvalue weighted by Crippen LogP contribution is 2.29. The molecule has 0 amide bonds. The minimum atomic E-state index is -4.56. The Morgan fingerprint density at radius 3 is 2.50 bits per heavy atom. The van der Waals surface area contributed by atoms with Gasteiger partial charge in [-0.1, -0.05) is 11.2 Å². The summed E-state index contributed by atoms with van der Waals surface area (Å²) in [4.78, 5) is 20.6. The van der Waals surface area contributed by atoms with Gasteiger partial charge in [-0.05, 0) is 48.5 Å². The van der Waals surface area contributed by atoms with Gasteiger partial charge in [-0.2, -0.15) is 18.4 Å². The Hall–Kier alpha value is -4.19. The smallest absolute Gasteiger partial charge is 0.416 e. The largest absolute Gasteiger partial charge is 0.439 e. The summed E-state index contributed by atoms with van der Waals surface area (Å²) in [5.41, 5.74) is -0.255. The van der Waals surface area contributed by atoms with Crippen LogP contribution in [0, 0.1) is 11.3 Å². The van der Waals surface area contributed by atoms with Gasteiger partial charge in [0.2, 0.25) is 5.88 Å². The van der Waals surface area contributed by atoms with E-state index in [0.717, 1.165) is 12.1 Å². The second kappa shape index (κ2) is 8.87. The highest BCUT2D eigenvalue weighted by molar-refractivity contribution is 5.90. The van der Waals surface area contributed by atoms with E-state index < -0.39 is 17.7 Å². The molecule has 6 nitrogen and oxygen atoms in total. The van der Waals surface area contributed by atoms with Gasteiger partial charge < -0.3 is 9.57 Å². The van der Waals surface area contributed by atoms with Gasteiger partial charge in [-0.25, -0.2) is 9.78 Å². The molecule has 0 bridgehead atoms. The van der Waals surface area contributed by atoms with Crippen molar-refractivity contribution in [3.05, 3.63) is 89.1 Å². The zero-order chi connectivity index (χ0) is 21.6. The summed E-state index contributed by atoms with van der Waals surface area (Å²) in [5, 5.41) is 12.2. The Bertz CT molecular complexity index is 1100. The first-order chi connectivity index (χ1) is 14.3. The molecule has 0 fully saturated rings. The molecule has 0 saturated carbocycles. The lowest BCUT2D eigenvalue weighted by Gasteiger charge is -2.07. The normalized spacial score (nSPS) is 11.1. The van der Waals surface area contributed by atoms with Crippen LogP contribution in [0.5, 0.6) is 11.6 Å². The molecule has 2 aromatic carbocycles. The monoisotopic (exact) mass is 411 g/mol. The fourth-order valence-electron chi connectivity index (χ4n) is 2.26. The molecule has 0 aliphatic heterocycles. The molecule has 3 aromatic rings. The molecule has 0 radical (unpaired) electrons. The van der Waals surface area contributed by atoms with Crippen molar-refractivity contribution in [1.29, 1.82) is 5.26 Å². The van der Waals surface area contributed by atoms with Crippen LogP contribution in [0.1, 0.15) is 27.0 Å². The van der Waals surface area contributed by atoms with Crippen LogP contribution in [0.3, 0.4) is 0 Å². The number of pyridine rings is 1. The molecule has 0 spiro atoms. The number of nitriles is 1. The number of nitrogens with zero attached hydrogens (tertiary/aromatic N) is 3. The molecule has 0 saturated heterocycles. The van der Waals surface area contributed by atoms with Crippen LogP contribution in [-0.4, -0.2) is 17.2 Å². The fourth-order valence-corrected chi connectivity index (χ4v) is 2.26. The molecule has 1 heterocycles. The van der Waals surface area contributed by atoms with E-state index in [2.05, 4.69) is 15.0 Å². The fraction of sp³-hybridized carbons (Fsp3) is 0.0476. The third kappa shape index (κ3) is 5.42. The molecular weight excluding hydrogens is 399 g/mol. The number of carbonyl (C=O) groups is 1. The topological polar surface area (TPSA) is 84.6 Å². The molecule has 0 unspecified atom stereocenters. The molecule has 3 rings (SSSR count). The van der Waals surface area contributed by atoms with E-state index in [1.807, 2.05) is 6.07 Å². The van der Waals surface area contributed by atoms with Crippen LogP contribution in [0.15, 0.2) is 72.0 Å². The minimum absolute atomic E-state index is 0.272. The molecule has 0 atom stereocenters. The first-order valence-electron chi connectivity index (χ1n) is 8.41. The highest BCUT2D eigenvalue weighted by Gasteiger charge is 2.31. The van der Waals surface area contributed by atoms with Crippen molar-refractivity contribution in [3.63, 3.8) is 0 Å². The average Bonchev–Trinajstić information content (AvgIpc) is 2.75. The molecule has 150 valence electrons. The van der Waals surface area contributed by atoms with E-state index >= 15 is 0 Å². The number of aromatic nitrogens is 1. The molecule has 0 N–H and O–H groups in total. The molecule has 0 aliphatic rings. The first-order valence-corrected chi connectivity index (χ1v) is 8.41. The van der Waals surface area contributed by atoms with Crippen molar-refractivity contribution in [2.24, 2.45) is 5.16 Å². The number of rotatable bonds is 5. The van der Waals surface area contributed by atoms with Gasteiger partial charge in [0.25, 0.3) is 0 Å². The number of halogens is 3. The van der Waals surface area contributed by atoms with E-state index in [-0.39, 0.29) is 11.4 Å². The number of oxime groups is 1. The van der Waals surface area contributed by atoms with Gasteiger partial charge in [-0.3, -0.25) is 0 Å². The van der Waals surface area contributed by atoms with Crippen LogP contribution in [0.25, 0.3) is 0 Å². The maximum Gasteiger partial charge on any atom is 0.416 e. The Morgan fingerprint density at radius 1 is 1.10 bits per heavy atom. The first kappa shape index (κ1) is 20.5.